The smallest absolute Gasteiger partial charge is 0.266 e. The van der Waals surface area contributed by atoms with Crippen LogP contribution in [0.3, 0.4) is 0 Å². The molecule has 1 N–H and O–H groups in total. The van der Waals surface area contributed by atoms with Gasteiger partial charge in [0, 0.05) is 18.4 Å². The highest BCUT2D eigenvalue weighted by atomic mass is 16.1. The van der Waals surface area contributed by atoms with Gasteiger partial charge in [-0.05, 0) is 36.8 Å². The first-order valence-corrected chi connectivity index (χ1v) is 6.61. The molecule has 0 spiro atoms. The fourth-order valence-electron chi connectivity index (χ4n) is 2.00. The van der Waals surface area contributed by atoms with Crippen molar-refractivity contribution >= 4 is 17.7 Å². The monoisotopic (exact) mass is 290 g/mol. The van der Waals surface area contributed by atoms with Crippen molar-refractivity contribution in [2.24, 2.45) is 7.05 Å². The lowest BCUT2D eigenvalue weighted by atomic mass is 10.1. The number of benzene rings is 1. The predicted octanol–water partition coefficient (Wildman–Crippen LogP) is 2.75. The minimum Gasteiger partial charge on any atom is -0.339 e. The fraction of sp³-hybridized carbons (Fsp3) is 0.118. The van der Waals surface area contributed by atoms with Gasteiger partial charge in [0.05, 0.1) is 0 Å². The Bertz CT molecular complexity index is 817. The number of aromatic nitrogens is 1. The number of carbonyl (C=O) groups excluding carboxylic acids is 1. The first-order chi connectivity index (χ1) is 10.6. The van der Waals surface area contributed by atoms with Gasteiger partial charge in [0.25, 0.3) is 5.91 Å². The van der Waals surface area contributed by atoms with Crippen LogP contribution in [0.2, 0.25) is 0 Å². The predicted molar refractivity (Wildman–Crippen MR) is 83.5 cm³/mol. The summed E-state index contributed by atoms with van der Waals surface area (Å²) in [6.45, 7) is 1.83. The highest BCUT2D eigenvalue weighted by Crippen LogP contribution is 2.17. The highest BCUT2D eigenvalue weighted by molar-refractivity contribution is 6.09. The molecule has 5 nitrogen and oxygen atoms in total. The van der Waals surface area contributed by atoms with Crippen molar-refractivity contribution in [3.05, 3.63) is 58.9 Å². The van der Waals surface area contributed by atoms with Crippen molar-refractivity contribution < 1.29 is 4.79 Å². The number of rotatable bonds is 3. The maximum Gasteiger partial charge on any atom is 0.266 e. The van der Waals surface area contributed by atoms with Crippen LogP contribution in [-0.4, -0.2) is 10.5 Å². The maximum absolute atomic E-state index is 12.1. The van der Waals surface area contributed by atoms with Gasteiger partial charge >= 0.3 is 0 Å². The zero-order valence-electron chi connectivity index (χ0n) is 12.3. The maximum atomic E-state index is 12.1. The number of nitrogens with zero attached hydrogens (tertiary/aromatic N) is 3. The van der Waals surface area contributed by atoms with Gasteiger partial charge in [-0.15, -0.1) is 0 Å². The van der Waals surface area contributed by atoms with Crippen LogP contribution in [0.5, 0.6) is 0 Å². The molecule has 0 aliphatic heterocycles. The summed E-state index contributed by atoms with van der Waals surface area (Å²) in [4.78, 5) is 12.1. The zero-order chi connectivity index (χ0) is 16.1. The number of para-hydroxylation sites is 1. The Kier molecular flexibility index (Phi) is 4.41. The van der Waals surface area contributed by atoms with Crippen LogP contribution in [0.25, 0.3) is 6.08 Å². The first kappa shape index (κ1) is 15.1. The molecule has 0 radical (unpaired) electrons. The molecular formula is C17H14N4O. The summed E-state index contributed by atoms with van der Waals surface area (Å²) in [5.41, 5.74) is 2.58. The summed E-state index contributed by atoms with van der Waals surface area (Å²) < 4.78 is 1.72. The third kappa shape index (κ3) is 3.05. The molecule has 0 atom stereocenters. The van der Waals surface area contributed by atoms with Crippen molar-refractivity contribution in [1.29, 1.82) is 10.5 Å². The number of nitriles is 2. The van der Waals surface area contributed by atoms with E-state index >= 15 is 0 Å². The van der Waals surface area contributed by atoms with E-state index in [0.29, 0.717) is 16.9 Å². The van der Waals surface area contributed by atoms with Crippen LogP contribution in [0.4, 0.5) is 5.69 Å². The van der Waals surface area contributed by atoms with Gasteiger partial charge in [-0.1, -0.05) is 18.2 Å². The molecule has 1 heterocycles. The van der Waals surface area contributed by atoms with E-state index in [-0.39, 0.29) is 5.57 Å². The third-order valence-corrected chi connectivity index (χ3v) is 3.39. The zero-order valence-corrected chi connectivity index (χ0v) is 12.3. The molecule has 2 aromatic rings. The SMILES string of the molecule is Cc1c(/C=C(/C#N)C(=O)Nc2ccccc2)cc(C#N)n1C. The van der Waals surface area contributed by atoms with Crippen LogP contribution < -0.4 is 5.32 Å². The molecule has 22 heavy (non-hydrogen) atoms. The molecule has 0 aliphatic rings. The topological polar surface area (TPSA) is 81.6 Å². The Morgan fingerprint density at radius 3 is 2.50 bits per heavy atom. The van der Waals surface area contributed by atoms with E-state index in [1.54, 1.807) is 41.9 Å². The van der Waals surface area contributed by atoms with Crippen molar-refractivity contribution in [2.45, 2.75) is 6.92 Å². The summed E-state index contributed by atoms with van der Waals surface area (Å²) in [6.07, 6.45) is 1.49. The minimum absolute atomic E-state index is 0.0120. The van der Waals surface area contributed by atoms with E-state index in [9.17, 15) is 10.1 Å². The largest absolute Gasteiger partial charge is 0.339 e. The van der Waals surface area contributed by atoms with Crippen LogP contribution in [0, 0.1) is 29.6 Å². The molecular weight excluding hydrogens is 276 g/mol. The Hall–Kier alpha value is -3.31. The van der Waals surface area contributed by atoms with Gasteiger partial charge < -0.3 is 9.88 Å². The number of amides is 1. The lowest BCUT2D eigenvalue weighted by Crippen LogP contribution is -2.13. The third-order valence-electron chi connectivity index (χ3n) is 3.39. The second-order valence-electron chi connectivity index (χ2n) is 4.73. The Morgan fingerprint density at radius 1 is 1.27 bits per heavy atom. The van der Waals surface area contributed by atoms with E-state index in [2.05, 4.69) is 11.4 Å². The van der Waals surface area contributed by atoms with Gasteiger partial charge in [0.15, 0.2) is 0 Å². The average Bonchev–Trinajstić information content (AvgIpc) is 2.81. The molecule has 1 amide bonds. The van der Waals surface area contributed by atoms with Gasteiger partial charge in [-0.2, -0.15) is 10.5 Å². The Labute approximate surface area is 128 Å². The molecule has 2 rings (SSSR count). The molecule has 0 saturated carbocycles. The average molecular weight is 290 g/mol. The summed E-state index contributed by atoms with van der Waals surface area (Å²) in [5, 5.41) is 20.9. The number of hydrogen-bond donors (Lipinski definition) is 1. The number of anilines is 1. The molecule has 0 aliphatic carbocycles. The molecule has 1 aromatic carbocycles. The summed E-state index contributed by atoms with van der Waals surface area (Å²) in [7, 11) is 1.77. The van der Waals surface area contributed by atoms with Crippen molar-refractivity contribution in [2.75, 3.05) is 5.32 Å². The second kappa shape index (κ2) is 6.43. The van der Waals surface area contributed by atoms with Crippen LogP contribution in [0.1, 0.15) is 17.0 Å². The van der Waals surface area contributed by atoms with E-state index in [1.165, 1.54) is 6.08 Å². The molecule has 1 aromatic heterocycles. The summed E-state index contributed by atoms with van der Waals surface area (Å²) in [6, 6.07) is 14.5. The second-order valence-corrected chi connectivity index (χ2v) is 4.73. The van der Waals surface area contributed by atoms with Crippen LogP contribution in [0.15, 0.2) is 42.0 Å². The highest BCUT2D eigenvalue weighted by Gasteiger charge is 2.12. The molecule has 0 bridgehead atoms. The molecule has 5 heteroatoms. The Balaban J connectivity index is 2.31. The molecule has 108 valence electrons. The standard InChI is InChI=1S/C17H14N4O/c1-12-13(9-16(11-19)21(12)2)8-14(10-18)17(22)20-15-6-4-3-5-7-15/h3-9H,1-2H3,(H,20,22)/b14-8-. The lowest BCUT2D eigenvalue weighted by Gasteiger charge is -2.04. The minimum atomic E-state index is -0.476. The van der Waals surface area contributed by atoms with E-state index < -0.39 is 5.91 Å². The van der Waals surface area contributed by atoms with E-state index in [4.69, 9.17) is 5.26 Å². The van der Waals surface area contributed by atoms with Gasteiger partial charge in [0.2, 0.25) is 0 Å². The first-order valence-electron chi connectivity index (χ1n) is 6.61. The fourth-order valence-corrected chi connectivity index (χ4v) is 2.00. The summed E-state index contributed by atoms with van der Waals surface area (Å²) in [5.74, 6) is -0.476. The van der Waals surface area contributed by atoms with Crippen molar-refractivity contribution in [1.82, 2.24) is 4.57 Å². The van der Waals surface area contributed by atoms with Crippen LogP contribution in [-0.2, 0) is 11.8 Å². The van der Waals surface area contributed by atoms with E-state index in [1.807, 2.05) is 19.1 Å². The number of nitrogens with one attached hydrogen (secondary N) is 1. The normalized spacial score (nSPS) is 10.6. The van der Waals surface area contributed by atoms with E-state index in [0.717, 1.165) is 5.69 Å². The molecule has 0 fully saturated rings. The van der Waals surface area contributed by atoms with Crippen molar-refractivity contribution in [3.63, 3.8) is 0 Å². The van der Waals surface area contributed by atoms with Crippen molar-refractivity contribution in [3.8, 4) is 12.1 Å². The number of carbonyl (C=O) groups is 1. The Morgan fingerprint density at radius 2 is 1.95 bits per heavy atom. The summed E-state index contributed by atoms with van der Waals surface area (Å²) >= 11 is 0. The van der Waals surface area contributed by atoms with Crippen LogP contribution >= 0.6 is 0 Å². The quantitative estimate of drug-likeness (QED) is 0.697. The van der Waals surface area contributed by atoms with Gasteiger partial charge in [-0.3, -0.25) is 4.79 Å². The molecule has 0 saturated heterocycles. The van der Waals surface area contributed by atoms with Gasteiger partial charge in [-0.25, -0.2) is 0 Å². The van der Waals surface area contributed by atoms with Gasteiger partial charge in [0.1, 0.15) is 23.4 Å². The lowest BCUT2D eigenvalue weighted by molar-refractivity contribution is -0.112. The number of hydrogen-bond acceptors (Lipinski definition) is 3. The molecule has 0 unspecified atom stereocenters.